The normalized spacial score (nSPS) is 17.7. The van der Waals surface area contributed by atoms with Crippen molar-refractivity contribution in [2.24, 2.45) is 0 Å². The van der Waals surface area contributed by atoms with E-state index in [4.69, 9.17) is 4.74 Å². The molecule has 0 atom stereocenters. The summed E-state index contributed by atoms with van der Waals surface area (Å²) in [5.74, 6) is 0.762. The first-order chi connectivity index (χ1) is 10.1. The molecule has 1 fully saturated rings. The summed E-state index contributed by atoms with van der Waals surface area (Å²) in [5, 5.41) is 4.64. The number of hydrogen-bond donors (Lipinski definition) is 1. The Balaban J connectivity index is 1.93. The average molecular weight is 330 g/mol. The van der Waals surface area contributed by atoms with Crippen molar-refractivity contribution in [2.75, 3.05) is 38.9 Å². The largest absolute Gasteiger partial charge is 0.480 e. The Bertz CT molecular complexity index is 442. The molecule has 0 aromatic carbocycles. The van der Waals surface area contributed by atoms with Gasteiger partial charge in [-0.05, 0) is 19.1 Å². The Labute approximate surface area is 136 Å². The maximum atomic E-state index is 5.40. The van der Waals surface area contributed by atoms with Crippen LogP contribution < -0.4 is 15.0 Å². The fourth-order valence-corrected chi connectivity index (χ4v) is 4.71. The molecular formula is C15H27N3OS2. The molecule has 1 aliphatic rings. The first-order valence-electron chi connectivity index (χ1n) is 7.57. The van der Waals surface area contributed by atoms with Crippen molar-refractivity contribution in [1.29, 1.82) is 0 Å². The van der Waals surface area contributed by atoms with Crippen LogP contribution in [0.3, 0.4) is 0 Å². The number of hydrogen-bond acceptors (Lipinski definition) is 6. The molecular weight excluding hydrogens is 302 g/mol. The van der Waals surface area contributed by atoms with Crippen LogP contribution in [0.4, 0.5) is 5.13 Å². The number of methoxy groups -OCH3 is 1. The molecule has 0 amide bonds. The number of anilines is 1. The predicted octanol–water partition coefficient (Wildman–Crippen LogP) is 3.37. The van der Waals surface area contributed by atoms with E-state index < -0.39 is 0 Å². The number of rotatable bonds is 7. The minimum Gasteiger partial charge on any atom is -0.480 e. The van der Waals surface area contributed by atoms with E-state index in [0.29, 0.717) is 4.75 Å². The molecule has 1 saturated carbocycles. The lowest BCUT2D eigenvalue weighted by molar-refractivity contribution is 0.374. The van der Waals surface area contributed by atoms with Crippen molar-refractivity contribution in [3.05, 3.63) is 4.88 Å². The van der Waals surface area contributed by atoms with Gasteiger partial charge >= 0.3 is 0 Å². The number of thiazole rings is 1. The minimum absolute atomic E-state index is 0.431. The predicted molar refractivity (Wildman–Crippen MR) is 94.0 cm³/mol. The maximum absolute atomic E-state index is 5.40. The molecule has 1 heterocycles. The standard InChI is InChI=1S/C15H27N3OS2/c1-18(2)14-17-13(19-3)12(21-14)10-16-11-15(20-4)8-6-5-7-9-15/h16H,5-11H2,1-4H3. The highest BCUT2D eigenvalue weighted by Crippen LogP contribution is 2.38. The zero-order valence-corrected chi connectivity index (χ0v) is 15.2. The van der Waals surface area contributed by atoms with Gasteiger partial charge < -0.3 is 15.0 Å². The summed E-state index contributed by atoms with van der Waals surface area (Å²) >= 11 is 3.74. The first kappa shape index (κ1) is 16.9. The van der Waals surface area contributed by atoms with E-state index in [-0.39, 0.29) is 0 Å². The second-order valence-electron chi connectivity index (χ2n) is 5.87. The quantitative estimate of drug-likeness (QED) is 0.830. The van der Waals surface area contributed by atoms with E-state index >= 15 is 0 Å². The Kier molecular flexibility index (Phi) is 6.20. The fraction of sp³-hybridized carbons (Fsp3) is 0.800. The van der Waals surface area contributed by atoms with Crippen molar-refractivity contribution in [3.63, 3.8) is 0 Å². The van der Waals surface area contributed by atoms with Gasteiger partial charge in [0.05, 0.1) is 12.0 Å². The molecule has 0 radical (unpaired) electrons. The van der Waals surface area contributed by atoms with Crippen LogP contribution in [0.2, 0.25) is 0 Å². The van der Waals surface area contributed by atoms with E-state index in [2.05, 4.69) is 16.6 Å². The Morgan fingerprint density at radius 2 is 2.05 bits per heavy atom. The molecule has 120 valence electrons. The Hall–Kier alpha value is -0.460. The summed E-state index contributed by atoms with van der Waals surface area (Å²) in [5.41, 5.74) is 0. The highest BCUT2D eigenvalue weighted by molar-refractivity contribution is 8.00. The molecule has 0 saturated heterocycles. The third-order valence-corrected chi connectivity index (χ3v) is 6.78. The number of nitrogens with zero attached hydrogens (tertiary/aromatic N) is 2. The van der Waals surface area contributed by atoms with Gasteiger partial charge in [-0.15, -0.1) is 0 Å². The summed E-state index contributed by atoms with van der Waals surface area (Å²) in [6.45, 7) is 1.92. The number of nitrogens with one attached hydrogen (secondary N) is 1. The van der Waals surface area contributed by atoms with Gasteiger partial charge in [0, 0.05) is 31.9 Å². The van der Waals surface area contributed by atoms with Gasteiger partial charge in [0.25, 0.3) is 0 Å². The smallest absolute Gasteiger partial charge is 0.230 e. The lowest BCUT2D eigenvalue weighted by atomic mass is 9.88. The maximum Gasteiger partial charge on any atom is 0.230 e. The second kappa shape index (κ2) is 7.70. The third kappa shape index (κ3) is 4.27. The van der Waals surface area contributed by atoms with Crippen molar-refractivity contribution < 1.29 is 4.74 Å². The van der Waals surface area contributed by atoms with Gasteiger partial charge in [0.15, 0.2) is 5.13 Å². The van der Waals surface area contributed by atoms with Gasteiger partial charge in [0.1, 0.15) is 0 Å². The molecule has 1 aromatic rings. The summed E-state index contributed by atoms with van der Waals surface area (Å²) in [6.07, 6.45) is 9.07. The molecule has 6 heteroatoms. The van der Waals surface area contributed by atoms with Gasteiger partial charge in [-0.25, -0.2) is 0 Å². The van der Waals surface area contributed by atoms with Crippen molar-refractivity contribution >= 4 is 28.2 Å². The van der Waals surface area contributed by atoms with E-state index in [9.17, 15) is 0 Å². The van der Waals surface area contributed by atoms with Gasteiger partial charge in [-0.2, -0.15) is 16.7 Å². The summed E-state index contributed by atoms with van der Waals surface area (Å²) in [7, 11) is 5.73. The summed E-state index contributed by atoms with van der Waals surface area (Å²) in [4.78, 5) is 7.73. The van der Waals surface area contributed by atoms with Crippen molar-refractivity contribution in [3.8, 4) is 5.88 Å². The van der Waals surface area contributed by atoms with Gasteiger partial charge in [-0.3, -0.25) is 0 Å². The number of ether oxygens (including phenoxy) is 1. The van der Waals surface area contributed by atoms with Crippen LogP contribution in [0.5, 0.6) is 5.88 Å². The molecule has 1 N–H and O–H groups in total. The minimum atomic E-state index is 0.431. The van der Waals surface area contributed by atoms with Gasteiger partial charge in [-0.1, -0.05) is 30.6 Å². The van der Waals surface area contributed by atoms with Crippen molar-refractivity contribution in [1.82, 2.24) is 10.3 Å². The molecule has 2 rings (SSSR count). The van der Waals surface area contributed by atoms with Gasteiger partial charge in [0.2, 0.25) is 5.88 Å². The Morgan fingerprint density at radius 3 is 2.62 bits per heavy atom. The summed E-state index contributed by atoms with van der Waals surface area (Å²) in [6, 6.07) is 0. The highest BCUT2D eigenvalue weighted by Gasteiger charge is 2.30. The highest BCUT2D eigenvalue weighted by atomic mass is 32.2. The molecule has 4 nitrogen and oxygen atoms in total. The van der Waals surface area contributed by atoms with Crippen LogP contribution in [-0.2, 0) is 6.54 Å². The van der Waals surface area contributed by atoms with E-state index in [1.165, 1.54) is 37.0 Å². The fourth-order valence-electron chi connectivity index (χ4n) is 2.84. The van der Waals surface area contributed by atoms with Crippen LogP contribution in [0.25, 0.3) is 0 Å². The van der Waals surface area contributed by atoms with E-state index in [1.807, 2.05) is 30.8 Å². The molecule has 1 aliphatic carbocycles. The molecule has 0 aliphatic heterocycles. The van der Waals surface area contributed by atoms with E-state index in [0.717, 1.165) is 24.1 Å². The zero-order valence-electron chi connectivity index (χ0n) is 13.6. The SMILES string of the molecule is COc1nc(N(C)C)sc1CNCC1(SC)CCCCC1. The van der Waals surface area contributed by atoms with Crippen LogP contribution in [0.15, 0.2) is 0 Å². The van der Waals surface area contributed by atoms with Crippen LogP contribution in [-0.4, -0.2) is 43.7 Å². The molecule has 0 unspecified atom stereocenters. The number of thioether (sulfide) groups is 1. The molecule has 1 aromatic heterocycles. The molecule has 0 spiro atoms. The van der Waals surface area contributed by atoms with Crippen molar-refractivity contribution in [2.45, 2.75) is 43.4 Å². The van der Waals surface area contributed by atoms with Crippen LogP contribution >= 0.6 is 23.1 Å². The third-order valence-electron chi connectivity index (χ3n) is 4.16. The Morgan fingerprint density at radius 1 is 1.33 bits per heavy atom. The summed E-state index contributed by atoms with van der Waals surface area (Å²) < 4.78 is 5.83. The first-order valence-corrected chi connectivity index (χ1v) is 9.61. The average Bonchev–Trinajstić information content (AvgIpc) is 2.92. The topological polar surface area (TPSA) is 37.4 Å². The second-order valence-corrected chi connectivity index (χ2v) is 8.21. The zero-order chi connectivity index (χ0) is 15.3. The number of aromatic nitrogens is 1. The lowest BCUT2D eigenvalue weighted by Crippen LogP contribution is -2.39. The van der Waals surface area contributed by atoms with Crippen LogP contribution in [0, 0.1) is 0 Å². The monoisotopic (exact) mass is 329 g/mol. The van der Waals surface area contributed by atoms with E-state index in [1.54, 1.807) is 18.4 Å². The molecule has 0 bridgehead atoms. The lowest BCUT2D eigenvalue weighted by Gasteiger charge is -2.36. The van der Waals surface area contributed by atoms with Crippen LogP contribution in [0.1, 0.15) is 37.0 Å². The molecule has 21 heavy (non-hydrogen) atoms.